The average molecular weight is 337 g/mol. The van der Waals surface area contributed by atoms with E-state index in [0.717, 1.165) is 25.1 Å². The van der Waals surface area contributed by atoms with Crippen molar-refractivity contribution >= 4 is 23.5 Å². The first-order chi connectivity index (χ1) is 10.7. The minimum Gasteiger partial charge on any atom is -0.393 e. The quantitative estimate of drug-likeness (QED) is 0.813. The van der Waals surface area contributed by atoms with Crippen molar-refractivity contribution in [2.75, 3.05) is 18.4 Å². The Kier molecular flexibility index (Phi) is 5.98. The fourth-order valence-corrected chi connectivity index (χ4v) is 3.73. The number of aliphatic hydroxyl groups is 1. The summed E-state index contributed by atoms with van der Waals surface area (Å²) in [5.74, 6) is 0.181. The summed E-state index contributed by atoms with van der Waals surface area (Å²) in [5, 5.41) is 12.7. The van der Waals surface area contributed by atoms with Crippen LogP contribution >= 0.6 is 11.8 Å². The SMILES string of the molecule is C[C@H](O)[C@H]1CCCN(C(=O)Nc2ccc(SC(C)(C)C)cc2)C1. The second kappa shape index (κ2) is 7.58. The molecule has 1 aromatic rings. The van der Waals surface area contributed by atoms with E-state index >= 15 is 0 Å². The Bertz CT molecular complexity index is 523. The van der Waals surface area contributed by atoms with Gasteiger partial charge in [-0.05, 0) is 44.0 Å². The van der Waals surface area contributed by atoms with Crippen LogP contribution in [0.15, 0.2) is 29.2 Å². The highest BCUT2D eigenvalue weighted by atomic mass is 32.2. The molecule has 0 unspecified atom stereocenters. The van der Waals surface area contributed by atoms with Gasteiger partial charge in [-0.1, -0.05) is 20.8 Å². The number of nitrogens with zero attached hydrogens (tertiary/aromatic N) is 1. The second-order valence-corrected chi connectivity index (χ2v) is 9.16. The van der Waals surface area contributed by atoms with Gasteiger partial charge in [0.25, 0.3) is 0 Å². The molecule has 0 bridgehead atoms. The summed E-state index contributed by atoms with van der Waals surface area (Å²) in [6.45, 7) is 9.74. The first-order valence-electron chi connectivity index (χ1n) is 8.28. The summed E-state index contributed by atoms with van der Waals surface area (Å²) in [6.07, 6.45) is 1.57. The number of rotatable bonds is 3. The van der Waals surface area contributed by atoms with Crippen LogP contribution in [0.3, 0.4) is 0 Å². The number of carbonyl (C=O) groups excluding carboxylic acids is 1. The fourth-order valence-electron chi connectivity index (χ4n) is 2.75. The van der Waals surface area contributed by atoms with Crippen molar-refractivity contribution < 1.29 is 9.90 Å². The molecule has 4 nitrogen and oxygen atoms in total. The van der Waals surface area contributed by atoms with E-state index in [1.807, 2.05) is 36.0 Å². The van der Waals surface area contributed by atoms with Crippen LogP contribution in [0.4, 0.5) is 10.5 Å². The number of carbonyl (C=O) groups is 1. The van der Waals surface area contributed by atoms with Crippen LogP contribution in [0.25, 0.3) is 0 Å². The summed E-state index contributed by atoms with van der Waals surface area (Å²) < 4.78 is 0.175. The second-order valence-electron chi connectivity index (χ2n) is 7.26. The maximum absolute atomic E-state index is 12.4. The van der Waals surface area contributed by atoms with Gasteiger partial charge in [0.05, 0.1) is 6.10 Å². The predicted molar refractivity (Wildman–Crippen MR) is 97.0 cm³/mol. The lowest BCUT2D eigenvalue weighted by molar-refractivity contribution is 0.0766. The summed E-state index contributed by atoms with van der Waals surface area (Å²) in [7, 11) is 0. The highest BCUT2D eigenvalue weighted by Crippen LogP contribution is 2.32. The molecule has 0 aromatic heterocycles. The van der Waals surface area contributed by atoms with Gasteiger partial charge in [0, 0.05) is 34.3 Å². The lowest BCUT2D eigenvalue weighted by atomic mass is 9.94. The van der Waals surface area contributed by atoms with Gasteiger partial charge in [-0.3, -0.25) is 0 Å². The molecule has 2 atom stereocenters. The predicted octanol–water partition coefficient (Wildman–Crippen LogP) is 4.20. The van der Waals surface area contributed by atoms with Gasteiger partial charge in [0.15, 0.2) is 0 Å². The summed E-state index contributed by atoms with van der Waals surface area (Å²) in [4.78, 5) is 15.4. The zero-order valence-electron chi connectivity index (χ0n) is 14.5. The van der Waals surface area contributed by atoms with Gasteiger partial charge in [-0.2, -0.15) is 0 Å². The number of hydrogen-bond acceptors (Lipinski definition) is 3. The average Bonchev–Trinajstić information content (AvgIpc) is 2.48. The van der Waals surface area contributed by atoms with E-state index in [2.05, 4.69) is 26.1 Å². The van der Waals surface area contributed by atoms with Crippen molar-refractivity contribution in [3.8, 4) is 0 Å². The van der Waals surface area contributed by atoms with Gasteiger partial charge in [0.1, 0.15) is 0 Å². The number of urea groups is 1. The number of piperidine rings is 1. The number of aliphatic hydroxyl groups excluding tert-OH is 1. The number of hydrogen-bond donors (Lipinski definition) is 2. The minimum atomic E-state index is -0.362. The monoisotopic (exact) mass is 336 g/mol. The normalized spacial score (nSPS) is 20.2. The maximum Gasteiger partial charge on any atom is 0.321 e. The Morgan fingerprint density at radius 2 is 2.00 bits per heavy atom. The third kappa shape index (κ3) is 5.74. The van der Waals surface area contributed by atoms with E-state index in [4.69, 9.17) is 0 Å². The molecular formula is C18H28N2O2S. The number of amides is 2. The van der Waals surface area contributed by atoms with E-state index in [1.165, 1.54) is 4.90 Å². The van der Waals surface area contributed by atoms with Gasteiger partial charge in [-0.25, -0.2) is 4.79 Å². The summed E-state index contributed by atoms with van der Waals surface area (Å²) >= 11 is 1.81. The first-order valence-corrected chi connectivity index (χ1v) is 9.09. The number of benzene rings is 1. The van der Waals surface area contributed by atoms with Crippen LogP contribution in [0.1, 0.15) is 40.5 Å². The van der Waals surface area contributed by atoms with E-state index in [9.17, 15) is 9.90 Å². The Hall–Kier alpha value is -1.20. The van der Waals surface area contributed by atoms with Crippen LogP contribution in [0.2, 0.25) is 0 Å². The molecule has 0 spiro atoms. The Labute approximate surface area is 143 Å². The molecule has 1 fully saturated rings. The highest BCUT2D eigenvalue weighted by molar-refractivity contribution is 8.00. The van der Waals surface area contributed by atoms with Crippen LogP contribution in [-0.4, -0.2) is 40.0 Å². The highest BCUT2D eigenvalue weighted by Gasteiger charge is 2.26. The third-order valence-electron chi connectivity index (χ3n) is 3.96. The molecule has 2 amide bonds. The van der Waals surface area contributed by atoms with Crippen LogP contribution in [0, 0.1) is 5.92 Å². The van der Waals surface area contributed by atoms with E-state index in [1.54, 1.807) is 11.8 Å². The molecule has 23 heavy (non-hydrogen) atoms. The fraction of sp³-hybridized carbons (Fsp3) is 0.611. The van der Waals surface area contributed by atoms with E-state index < -0.39 is 0 Å². The largest absolute Gasteiger partial charge is 0.393 e. The molecule has 0 saturated carbocycles. The summed E-state index contributed by atoms with van der Waals surface area (Å²) in [6, 6.07) is 7.90. The number of nitrogens with one attached hydrogen (secondary N) is 1. The van der Waals surface area contributed by atoms with Crippen molar-refractivity contribution in [2.45, 2.75) is 56.3 Å². The zero-order valence-corrected chi connectivity index (χ0v) is 15.3. The van der Waals surface area contributed by atoms with Crippen molar-refractivity contribution in [3.63, 3.8) is 0 Å². The molecule has 2 rings (SSSR count). The van der Waals surface area contributed by atoms with Crippen LogP contribution in [-0.2, 0) is 0 Å². The zero-order chi connectivity index (χ0) is 17.0. The van der Waals surface area contributed by atoms with Crippen molar-refractivity contribution in [1.82, 2.24) is 4.90 Å². The first kappa shape index (κ1) is 18.1. The van der Waals surface area contributed by atoms with E-state index in [-0.39, 0.29) is 22.8 Å². The Morgan fingerprint density at radius 1 is 1.35 bits per heavy atom. The third-order valence-corrected chi connectivity index (χ3v) is 5.08. The Balaban J connectivity index is 1.92. The van der Waals surface area contributed by atoms with Crippen molar-refractivity contribution in [1.29, 1.82) is 0 Å². The molecule has 1 heterocycles. The molecule has 0 radical (unpaired) electrons. The molecule has 128 valence electrons. The topological polar surface area (TPSA) is 52.6 Å². The van der Waals surface area contributed by atoms with Gasteiger partial charge in [-0.15, -0.1) is 11.8 Å². The van der Waals surface area contributed by atoms with Crippen molar-refractivity contribution in [2.24, 2.45) is 5.92 Å². The summed E-state index contributed by atoms with van der Waals surface area (Å²) in [5.41, 5.74) is 0.812. The molecule has 2 N–H and O–H groups in total. The molecular weight excluding hydrogens is 308 g/mol. The maximum atomic E-state index is 12.4. The molecule has 1 saturated heterocycles. The number of thioether (sulfide) groups is 1. The van der Waals surface area contributed by atoms with Gasteiger partial charge < -0.3 is 15.3 Å². The number of anilines is 1. The lowest BCUT2D eigenvalue weighted by Gasteiger charge is -2.34. The smallest absolute Gasteiger partial charge is 0.321 e. The van der Waals surface area contributed by atoms with Crippen LogP contribution < -0.4 is 5.32 Å². The van der Waals surface area contributed by atoms with Crippen molar-refractivity contribution in [3.05, 3.63) is 24.3 Å². The molecule has 1 aliphatic rings. The molecule has 0 aliphatic carbocycles. The molecule has 5 heteroatoms. The number of likely N-dealkylation sites (tertiary alicyclic amines) is 1. The standard InChI is InChI=1S/C18H28N2O2S/c1-13(21)14-6-5-11-20(12-14)17(22)19-15-7-9-16(10-8-15)23-18(2,3)4/h7-10,13-14,21H,5-6,11-12H2,1-4H3,(H,19,22)/t13-,14-/m0/s1. The lowest BCUT2D eigenvalue weighted by Crippen LogP contribution is -2.44. The van der Waals surface area contributed by atoms with Gasteiger partial charge >= 0.3 is 6.03 Å². The molecule has 1 aliphatic heterocycles. The minimum absolute atomic E-state index is 0.0772. The molecule has 1 aromatic carbocycles. The van der Waals surface area contributed by atoms with E-state index in [0.29, 0.717) is 6.54 Å². The Morgan fingerprint density at radius 3 is 2.57 bits per heavy atom. The van der Waals surface area contributed by atoms with Crippen LogP contribution in [0.5, 0.6) is 0 Å². The van der Waals surface area contributed by atoms with Gasteiger partial charge in [0.2, 0.25) is 0 Å².